The quantitative estimate of drug-likeness (QED) is 0.564. The smallest absolute Gasteiger partial charge is 0.159 e. The molecule has 0 bridgehead atoms. The van der Waals surface area contributed by atoms with E-state index in [2.05, 4.69) is 10.3 Å². The van der Waals surface area contributed by atoms with E-state index in [9.17, 15) is 4.79 Å². The Morgan fingerprint density at radius 3 is 2.50 bits per heavy atom. The summed E-state index contributed by atoms with van der Waals surface area (Å²) in [6, 6.07) is 18.3. The molecule has 3 aromatic rings. The zero-order valence-electron chi connectivity index (χ0n) is 14.0. The number of ketones is 1. The fourth-order valence-corrected chi connectivity index (χ4v) is 3.00. The highest BCUT2D eigenvalue weighted by atomic mass is 35.5. The monoisotopic (exact) mass is 384 g/mol. The highest BCUT2D eigenvalue weighted by Gasteiger charge is 2.20. The highest BCUT2D eigenvalue weighted by molar-refractivity contribution is 6.42. The molecule has 5 heteroatoms. The number of rotatable bonds is 7. The minimum atomic E-state index is -0.454. The predicted octanol–water partition coefficient (Wildman–Crippen LogP) is 5.74. The Hall–Kier alpha value is -2.36. The number of hydrogen-bond donors (Lipinski definition) is 1. The van der Waals surface area contributed by atoms with Gasteiger partial charge in [0, 0.05) is 24.5 Å². The fourth-order valence-electron chi connectivity index (χ4n) is 2.71. The maximum atomic E-state index is 12.9. The van der Waals surface area contributed by atoms with E-state index in [1.165, 1.54) is 0 Å². The maximum absolute atomic E-state index is 12.9. The summed E-state index contributed by atoms with van der Waals surface area (Å²) in [4.78, 5) is 17.0. The Labute approximate surface area is 163 Å². The number of anilines is 1. The van der Waals surface area contributed by atoms with Gasteiger partial charge in [0.2, 0.25) is 0 Å². The number of benzene rings is 2. The lowest BCUT2D eigenvalue weighted by Crippen LogP contribution is -2.21. The van der Waals surface area contributed by atoms with Gasteiger partial charge in [-0.05, 0) is 41.8 Å². The molecule has 1 aromatic heterocycles. The van der Waals surface area contributed by atoms with E-state index in [1.807, 2.05) is 48.5 Å². The molecule has 0 aliphatic carbocycles. The van der Waals surface area contributed by atoms with Gasteiger partial charge >= 0.3 is 0 Å². The predicted molar refractivity (Wildman–Crippen MR) is 107 cm³/mol. The zero-order valence-corrected chi connectivity index (χ0v) is 15.5. The summed E-state index contributed by atoms with van der Waals surface area (Å²) in [6.45, 7) is 0. The van der Waals surface area contributed by atoms with Crippen LogP contribution in [0, 0.1) is 0 Å². The van der Waals surface area contributed by atoms with E-state index < -0.39 is 6.04 Å². The molecule has 0 radical (unpaired) electrons. The second-order valence-corrected chi connectivity index (χ2v) is 6.76. The van der Waals surface area contributed by atoms with Crippen LogP contribution in [0.3, 0.4) is 0 Å². The largest absolute Gasteiger partial charge is 0.372 e. The van der Waals surface area contributed by atoms with Gasteiger partial charge in [0.25, 0.3) is 0 Å². The molecule has 3 nitrogen and oxygen atoms in total. The molecule has 0 amide bonds. The van der Waals surface area contributed by atoms with Crippen LogP contribution in [-0.4, -0.2) is 10.8 Å². The van der Waals surface area contributed by atoms with Gasteiger partial charge in [-0.25, -0.2) is 0 Å². The number of halogens is 2. The van der Waals surface area contributed by atoms with Crippen molar-refractivity contribution in [2.45, 2.75) is 18.9 Å². The van der Waals surface area contributed by atoms with Gasteiger partial charge in [-0.1, -0.05) is 59.6 Å². The number of aryl methyl sites for hydroxylation is 1. The van der Waals surface area contributed by atoms with Crippen LogP contribution in [0.4, 0.5) is 5.69 Å². The fraction of sp³-hybridized carbons (Fsp3) is 0.143. The summed E-state index contributed by atoms with van der Waals surface area (Å²) in [6.07, 6.45) is 4.58. The summed E-state index contributed by atoms with van der Waals surface area (Å²) in [7, 11) is 0. The van der Waals surface area contributed by atoms with Crippen molar-refractivity contribution in [1.29, 1.82) is 0 Å². The molecule has 2 aromatic carbocycles. The van der Waals surface area contributed by atoms with Crippen LogP contribution in [0.2, 0.25) is 10.0 Å². The molecule has 26 heavy (non-hydrogen) atoms. The first kappa shape index (κ1) is 18.4. The van der Waals surface area contributed by atoms with Crippen LogP contribution in [0.5, 0.6) is 0 Å². The molecule has 0 saturated carbocycles. The van der Waals surface area contributed by atoms with Crippen LogP contribution < -0.4 is 5.32 Å². The molecule has 132 valence electrons. The van der Waals surface area contributed by atoms with Crippen molar-refractivity contribution in [1.82, 2.24) is 4.98 Å². The number of pyridine rings is 1. The molecular formula is C21H18Cl2N2O. The normalized spacial score (nSPS) is 11.8. The van der Waals surface area contributed by atoms with E-state index in [4.69, 9.17) is 23.2 Å². The van der Waals surface area contributed by atoms with Crippen LogP contribution in [0.1, 0.15) is 23.6 Å². The van der Waals surface area contributed by atoms with E-state index in [1.54, 1.807) is 24.5 Å². The van der Waals surface area contributed by atoms with Crippen LogP contribution >= 0.6 is 23.2 Å². The molecule has 0 aliphatic rings. The number of hydrogen-bond acceptors (Lipinski definition) is 3. The van der Waals surface area contributed by atoms with Crippen molar-refractivity contribution in [3.05, 3.63) is 94.2 Å². The van der Waals surface area contributed by atoms with Crippen molar-refractivity contribution in [2.75, 3.05) is 5.32 Å². The van der Waals surface area contributed by atoms with Gasteiger partial charge in [0.1, 0.15) is 6.04 Å². The molecule has 3 rings (SSSR count). The first-order chi connectivity index (χ1) is 12.6. The summed E-state index contributed by atoms with van der Waals surface area (Å²) in [5, 5.41) is 4.22. The van der Waals surface area contributed by atoms with Gasteiger partial charge < -0.3 is 5.32 Å². The second-order valence-electron chi connectivity index (χ2n) is 5.94. The third kappa shape index (κ3) is 4.84. The van der Waals surface area contributed by atoms with Crippen molar-refractivity contribution < 1.29 is 4.79 Å². The third-order valence-electron chi connectivity index (χ3n) is 4.07. The Morgan fingerprint density at radius 1 is 1.00 bits per heavy atom. The highest BCUT2D eigenvalue weighted by Crippen LogP contribution is 2.28. The molecule has 0 spiro atoms. The van der Waals surface area contributed by atoms with E-state index in [0.717, 1.165) is 16.8 Å². The maximum Gasteiger partial charge on any atom is 0.159 e. The van der Waals surface area contributed by atoms with Gasteiger partial charge in [-0.2, -0.15) is 0 Å². The molecule has 0 fully saturated rings. The summed E-state index contributed by atoms with van der Waals surface area (Å²) in [5.41, 5.74) is 2.71. The summed E-state index contributed by atoms with van der Waals surface area (Å²) >= 11 is 12.1. The second kappa shape index (κ2) is 8.84. The van der Waals surface area contributed by atoms with Gasteiger partial charge in [-0.15, -0.1) is 0 Å². The zero-order chi connectivity index (χ0) is 18.4. The number of aromatic nitrogens is 1. The first-order valence-electron chi connectivity index (χ1n) is 8.31. The topological polar surface area (TPSA) is 42.0 Å². The molecule has 0 aliphatic heterocycles. The van der Waals surface area contributed by atoms with Crippen LogP contribution in [0.25, 0.3) is 0 Å². The molecule has 1 atom stereocenters. The Balaban J connectivity index is 1.78. The Bertz CT molecular complexity index is 870. The van der Waals surface area contributed by atoms with Gasteiger partial charge in [0.05, 0.1) is 10.0 Å². The lowest BCUT2D eigenvalue weighted by atomic mass is 9.97. The van der Waals surface area contributed by atoms with Crippen molar-refractivity contribution in [3.63, 3.8) is 0 Å². The number of nitrogens with one attached hydrogen (secondary N) is 1. The number of nitrogens with zero attached hydrogens (tertiary/aromatic N) is 1. The van der Waals surface area contributed by atoms with Crippen LogP contribution in [-0.2, 0) is 11.2 Å². The standard InChI is InChI=1S/C21H18Cl2N2O/c22-18-10-9-17(13-19(18)23)25-21(16-6-2-1-3-7-16)20(26)11-8-15-5-4-12-24-14-15/h1-7,9-10,12-14,21,25H,8,11H2. The molecule has 1 unspecified atom stereocenters. The number of Topliss-reactive ketones (excluding diaryl/α,β-unsaturated/α-hetero) is 1. The molecule has 1 heterocycles. The van der Waals surface area contributed by atoms with E-state index >= 15 is 0 Å². The average molecular weight is 385 g/mol. The number of carbonyl (C=O) groups is 1. The Kier molecular flexibility index (Phi) is 6.26. The van der Waals surface area contributed by atoms with Crippen molar-refractivity contribution in [3.8, 4) is 0 Å². The number of carbonyl (C=O) groups excluding carboxylic acids is 1. The molecule has 0 saturated heterocycles. The SMILES string of the molecule is O=C(CCc1cccnc1)C(Nc1ccc(Cl)c(Cl)c1)c1ccccc1. The lowest BCUT2D eigenvalue weighted by Gasteiger charge is -2.20. The summed E-state index contributed by atoms with van der Waals surface area (Å²) < 4.78 is 0. The average Bonchev–Trinajstić information content (AvgIpc) is 2.68. The minimum absolute atomic E-state index is 0.103. The van der Waals surface area contributed by atoms with E-state index in [0.29, 0.717) is 22.9 Å². The van der Waals surface area contributed by atoms with Crippen LogP contribution in [0.15, 0.2) is 73.1 Å². The molecule has 1 N–H and O–H groups in total. The summed E-state index contributed by atoms with van der Waals surface area (Å²) in [5.74, 6) is 0.103. The minimum Gasteiger partial charge on any atom is -0.372 e. The van der Waals surface area contributed by atoms with Crippen molar-refractivity contribution >= 4 is 34.7 Å². The van der Waals surface area contributed by atoms with Gasteiger partial charge in [0.15, 0.2) is 5.78 Å². The van der Waals surface area contributed by atoms with E-state index in [-0.39, 0.29) is 5.78 Å². The molecular weight excluding hydrogens is 367 g/mol. The lowest BCUT2D eigenvalue weighted by molar-refractivity contribution is -0.119. The van der Waals surface area contributed by atoms with Gasteiger partial charge in [-0.3, -0.25) is 9.78 Å². The third-order valence-corrected chi connectivity index (χ3v) is 4.81. The first-order valence-corrected chi connectivity index (χ1v) is 9.07. The van der Waals surface area contributed by atoms with Crippen molar-refractivity contribution in [2.24, 2.45) is 0 Å². The Morgan fingerprint density at radius 2 is 1.81 bits per heavy atom.